The molecule has 5 amide bonds. The maximum absolute atomic E-state index is 13.4. The average Bonchev–Trinajstić information content (AvgIpc) is 3.80. The smallest absolute Gasteiger partial charge is 0.293 e. The van der Waals surface area contributed by atoms with Crippen LogP contribution < -0.4 is 36.0 Å². The van der Waals surface area contributed by atoms with Crippen molar-refractivity contribution in [2.45, 2.75) is 76.9 Å². The van der Waals surface area contributed by atoms with E-state index in [9.17, 15) is 28.8 Å². The van der Waals surface area contributed by atoms with Gasteiger partial charge in [-0.3, -0.25) is 43.9 Å². The summed E-state index contributed by atoms with van der Waals surface area (Å²) in [5, 5.41) is 9.24. The number of piperidine rings is 3. The predicted octanol–water partition coefficient (Wildman–Crippen LogP) is 4.26. The molecule has 330 valence electrons. The number of hydrogen-bond acceptors (Lipinski definition) is 13. The van der Waals surface area contributed by atoms with Crippen LogP contribution >= 0.6 is 11.6 Å². The first kappa shape index (κ1) is 42.2. The number of carbonyl (C=O) groups excluding carboxylic acids is 5. The molecule has 0 aliphatic carbocycles. The Hall–Kier alpha value is -6.07. The maximum atomic E-state index is 13.4. The Morgan fingerprint density at radius 1 is 0.921 bits per heavy atom. The molecule has 4 fully saturated rings. The number of carbonyl (C=O) groups is 5. The summed E-state index contributed by atoms with van der Waals surface area (Å²) in [6, 6.07) is 12.0. The van der Waals surface area contributed by atoms with Crippen LogP contribution in [0.25, 0.3) is 10.9 Å². The largest absolute Gasteiger partial charge is 0.478 e. The van der Waals surface area contributed by atoms with Crippen LogP contribution in [0.5, 0.6) is 5.75 Å². The fourth-order valence-corrected chi connectivity index (χ4v) is 10.1. The zero-order valence-corrected chi connectivity index (χ0v) is 36.4. The number of benzene rings is 2. The number of anilines is 4. The molecule has 0 bridgehead atoms. The van der Waals surface area contributed by atoms with Crippen molar-refractivity contribution in [3.8, 4) is 5.75 Å². The number of aromatic nitrogens is 3. The number of hydrogen-bond donors (Lipinski definition) is 3. The van der Waals surface area contributed by atoms with Crippen LogP contribution in [0.3, 0.4) is 0 Å². The van der Waals surface area contributed by atoms with Gasteiger partial charge >= 0.3 is 0 Å². The summed E-state index contributed by atoms with van der Waals surface area (Å²) in [6.45, 7) is 9.01. The highest BCUT2D eigenvalue weighted by atomic mass is 35.5. The predicted molar refractivity (Wildman–Crippen MR) is 237 cm³/mol. The van der Waals surface area contributed by atoms with Crippen molar-refractivity contribution >= 4 is 75.2 Å². The number of pyridine rings is 1. The third-order valence-electron chi connectivity index (χ3n) is 13.5. The zero-order valence-electron chi connectivity index (χ0n) is 35.6. The lowest BCUT2D eigenvalue weighted by molar-refractivity contribution is -0.136. The van der Waals surface area contributed by atoms with Crippen LogP contribution in [0, 0.1) is 5.41 Å². The molecular weight excluding hydrogens is 828 g/mol. The molecule has 4 aromatic rings. The van der Waals surface area contributed by atoms with Crippen LogP contribution in [0.2, 0.25) is 5.02 Å². The molecule has 5 aliphatic rings. The number of halogens is 1. The summed E-state index contributed by atoms with van der Waals surface area (Å²) in [5.41, 5.74) is 2.86. The van der Waals surface area contributed by atoms with Crippen LogP contribution in [0.15, 0.2) is 53.5 Å². The van der Waals surface area contributed by atoms with Crippen LogP contribution in [0.4, 0.5) is 23.1 Å². The zero-order chi connectivity index (χ0) is 44.2. The van der Waals surface area contributed by atoms with Crippen LogP contribution in [0.1, 0.15) is 85.6 Å². The molecule has 7 heterocycles. The Labute approximate surface area is 369 Å². The lowest BCUT2D eigenvalue weighted by atomic mass is 9.78. The van der Waals surface area contributed by atoms with E-state index in [0.717, 1.165) is 92.9 Å². The quantitative estimate of drug-likeness (QED) is 0.192. The minimum Gasteiger partial charge on any atom is -0.478 e. The Balaban J connectivity index is 0.801. The highest BCUT2D eigenvalue weighted by molar-refractivity contribution is 6.33. The van der Waals surface area contributed by atoms with E-state index < -0.39 is 29.7 Å². The summed E-state index contributed by atoms with van der Waals surface area (Å²) < 4.78 is 7.28. The van der Waals surface area contributed by atoms with Crippen LogP contribution in [-0.4, -0.2) is 119 Å². The van der Waals surface area contributed by atoms with Crippen molar-refractivity contribution in [3.63, 3.8) is 0 Å². The molecule has 0 radical (unpaired) electrons. The first-order chi connectivity index (χ1) is 30.3. The normalized spacial score (nSPS) is 20.5. The Morgan fingerprint density at radius 2 is 1.67 bits per heavy atom. The SMILES string of the molecule is CNC(=O)COc1cc2cc(Nc3nc(N4CCC5(CC4)CCN(C4CCN(c6ccc7c(c6)C(=O)N(C6CCC(=O)NC6=O)C7=O)CC4)C5)ncc3Cl)ccc2n(C(C)C)c1=O. The van der Waals surface area contributed by atoms with E-state index in [1.807, 2.05) is 38.1 Å². The average molecular weight is 879 g/mol. The Bertz CT molecular complexity index is 2580. The van der Waals surface area contributed by atoms with Gasteiger partial charge in [-0.05, 0) is 107 Å². The molecule has 18 heteroatoms. The third kappa shape index (κ3) is 8.08. The van der Waals surface area contributed by atoms with Gasteiger partial charge in [0.15, 0.2) is 18.2 Å². The molecule has 1 spiro atoms. The summed E-state index contributed by atoms with van der Waals surface area (Å²) in [6.07, 6.45) is 7.02. The van der Waals surface area contributed by atoms with Gasteiger partial charge in [-0.2, -0.15) is 4.98 Å². The second kappa shape index (κ2) is 16.9. The van der Waals surface area contributed by atoms with Crippen molar-refractivity contribution in [2.75, 3.05) is 68.0 Å². The summed E-state index contributed by atoms with van der Waals surface area (Å²) in [7, 11) is 1.51. The number of nitrogens with zero attached hydrogens (tertiary/aromatic N) is 7. The molecule has 0 saturated carbocycles. The number of ether oxygens (including phenoxy) is 1. The lowest BCUT2D eigenvalue weighted by Crippen LogP contribution is -2.54. The van der Waals surface area contributed by atoms with Gasteiger partial charge in [-0.25, -0.2) is 4.98 Å². The molecule has 2 aromatic carbocycles. The minimum absolute atomic E-state index is 0.0860. The highest BCUT2D eigenvalue weighted by Crippen LogP contribution is 2.43. The van der Waals surface area contributed by atoms with E-state index in [1.54, 1.807) is 29.0 Å². The standard InChI is InChI=1S/C45H51ClN10O7/c1-26(2)55-34-7-4-28(20-27(34)21-36(43(55)62)63-24-38(58)47-3)49-39-33(46)23-48-44(51-39)53-17-12-45(13-18-53)14-19-54(25-45)29-10-15-52(16-11-29)30-5-6-31-32(22-30)42(61)56(41(31)60)35-8-9-37(57)50-40(35)59/h4-7,20-23,26,29,35H,8-19,24-25H2,1-3H3,(H,47,58)(H,48,49,51)(H,50,57,59). The van der Waals surface area contributed by atoms with Crippen molar-refractivity contribution in [1.82, 2.24) is 35.0 Å². The highest BCUT2D eigenvalue weighted by Gasteiger charge is 2.46. The molecule has 1 atom stereocenters. The molecule has 9 rings (SSSR count). The van der Waals surface area contributed by atoms with Gasteiger partial charge < -0.3 is 29.7 Å². The molecule has 4 saturated heterocycles. The lowest BCUT2D eigenvalue weighted by Gasteiger charge is -2.41. The van der Waals surface area contributed by atoms with Gasteiger partial charge in [-0.1, -0.05) is 11.6 Å². The maximum Gasteiger partial charge on any atom is 0.293 e. The van der Waals surface area contributed by atoms with Crippen LogP contribution in [-0.2, 0) is 14.4 Å². The number of rotatable bonds is 10. The van der Waals surface area contributed by atoms with E-state index in [0.29, 0.717) is 39.6 Å². The van der Waals surface area contributed by atoms with E-state index in [-0.39, 0.29) is 48.1 Å². The number of likely N-dealkylation sites (tertiary alicyclic amines) is 1. The number of fused-ring (bicyclic) bond motifs is 2. The van der Waals surface area contributed by atoms with Gasteiger partial charge in [-0.15, -0.1) is 0 Å². The summed E-state index contributed by atoms with van der Waals surface area (Å²) in [4.78, 5) is 93.6. The van der Waals surface area contributed by atoms with Crippen molar-refractivity contribution in [1.29, 1.82) is 0 Å². The number of nitrogens with one attached hydrogen (secondary N) is 3. The summed E-state index contributed by atoms with van der Waals surface area (Å²) in [5.74, 6) is -1.14. The molecular formula is C45H51ClN10O7. The van der Waals surface area contributed by atoms with Gasteiger partial charge in [0.05, 0.1) is 22.8 Å². The molecule has 17 nitrogen and oxygen atoms in total. The molecule has 1 unspecified atom stereocenters. The number of imide groups is 2. The number of amides is 5. The molecule has 2 aromatic heterocycles. The van der Waals surface area contributed by atoms with Crippen molar-refractivity contribution < 1.29 is 28.7 Å². The fraction of sp³-hybridized carbons (Fsp3) is 0.467. The first-order valence-electron chi connectivity index (χ1n) is 21.7. The van der Waals surface area contributed by atoms with Crippen molar-refractivity contribution in [2.24, 2.45) is 5.41 Å². The second-order valence-corrected chi connectivity index (χ2v) is 18.0. The van der Waals surface area contributed by atoms with E-state index in [2.05, 4.69) is 35.6 Å². The first-order valence-corrected chi connectivity index (χ1v) is 22.1. The number of likely N-dealkylation sites (N-methyl/N-ethyl adjacent to an activating group) is 1. The monoisotopic (exact) mass is 878 g/mol. The summed E-state index contributed by atoms with van der Waals surface area (Å²) >= 11 is 6.64. The van der Waals surface area contributed by atoms with Crippen molar-refractivity contribution in [3.05, 3.63) is 75.2 Å². The minimum atomic E-state index is -0.982. The molecule has 3 N–H and O–H groups in total. The van der Waals surface area contributed by atoms with Gasteiger partial charge in [0, 0.05) is 75.0 Å². The Kier molecular flexibility index (Phi) is 11.3. The van der Waals surface area contributed by atoms with E-state index in [1.165, 1.54) is 7.05 Å². The van der Waals surface area contributed by atoms with E-state index >= 15 is 0 Å². The topological polar surface area (TPSA) is 191 Å². The molecule has 5 aliphatic heterocycles. The van der Waals surface area contributed by atoms with Gasteiger partial charge in [0.1, 0.15) is 11.1 Å². The third-order valence-corrected chi connectivity index (χ3v) is 13.8. The van der Waals surface area contributed by atoms with Gasteiger partial charge in [0.25, 0.3) is 23.3 Å². The van der Waals surface area contributed by atoms with Gasteiger partial charge in [0.2, 0.25) is 17.8 Å². The van der Waals surface area contributed by atoms with E-state index in [4.69, 9.17) is 21.3 Å². The Morgan fingerprint density at radius 3 is 2.40 bits per heavy atom. The fourth-order valence-electron chi connectivity index (χ4n) is 9.98. The molecule has 63 heavy (non-hydrogen) atoms. The second-order valence-electron chi connectivity index (χ2n) is 17.6.